The van der Waals surface area contributed by atoms with Gasteiger partial charge in [-0.2, -0.15) is 0 Å². The predicted molar refractivity (Wildman–Crippen MR) is 124 cm³/mol. The van der Waals surface area contributed by atoms with Gasteiger partial charge in [-0.05, 0) is 62.3 Å². The molecule has 0 radical (unpaired) electrons. The number of benzene rings is 3. The van der Waals surface area contributed by atoms with Crippen molar-refractivity contribution in [2.24, 2.45) is 0 Å². The van der Waals surface area contributed by atoms with Gasteiger partial charge < -0.3 is 0 Å². The minimum absolute atomic E-state index is 0.446. The van der Waals surface area contributed by atoms with Crippen LogP contribution in [0.4, 0.5) is 0 Å². The molecule has 0 aliphatic heterocycles. The van der Waals surface area contributed by atoms with E-state index in [4.69, 9.17) is 0 Å². The molecular formula is C26H26NP. The Bertz CT molecular complexity index is 838. The Kier molecular flexibility index (Phi) is 7.12. The van der Waals surface area contributed by atoms with E-state index in [0.717, 1.165) is 11.4 Å². The zero-order chi connectivity index (χ0) is 19.8. The van der Waals surface area contributed by atoms with Crippen molar-refractivity contribution in [3.8, 4) is 0 Å². The van der Waals surface area contributed by atoms with Crippen molar-refractivity contribution in [2.75, 3.05) is 0 Å². The highest BCUT2D eigenvalue weighted by Gasteiger charge is 2.14. The van der Waals surface area contributed by atoms with Gasteiger partial charge in [-0.1, -0.05) is 91.0 Å². The summed E-state index contributed by atoms with van der Waals surface area (Å²) in [4.78, 5) is 4.23. The topological polar surface area (TPSA) is 12.9 Å². The Morgan fingerprint density at radius 3 is 1.11 bits per heavy atom. The van der Waals surface area contributed by atoms with Gasteiger partial charge in [0.05, 0.1) is 0 Å². The van der Waals surface area contributed by atoms with E-state index in [1.807, 2.05) is 13.8 Å². The first kappa shape index (κ1) is 20.0. The van der Waals surface area contributed by atoms with Crippen LogP contribution in [0, 0.1) is 20.8 Å². The molecular weight excluding hydrogens is 357 g/mol. The molecule has 0 aliphatic rings. The van der Waals surface area contributed by atoms with Gasteiger partial charge in [0.1, 0.15) is 0 Å². The first-order valence-corrected chi connectivity index (χ1v) is 10.8. The maximum atomic E-state index is 4.23. The number of nitrogens with zero attached hydrogens (tertiary/aromatic N) is 1. The van der Waals surface area contributed by atoms with E-state index in [1.54, 1.807) is 0 Å². The zero-order valence-corrected chi connectivity index (χ0v) is 17.6. The van der Waals surface area contributed by atoms with Crippen LogP contribution in [0.25, 0.3) is 0 Å². The van der Waals surface area contributed by atoms with Gasteiger partial charge in [0.25, 0.3) is 0 Å². The zero-order valence-electron chi connectivity index (χ0n) is 16.7. The molecule has 0 unspecified atom stereocenters. The number of hydrogen-bond acceptors (Lipinski definition) is 1. The highest BCUT2D eigenvalue weighted by atomic mass is 31.1. The predicted octanol–water partition coefficient (Wildman–Crippen LogP) is 5.45. The fourth-order valence-electron chi connectivity index (χ4n) is 3.22. The van der Waals surface area contributed by atoms with E-state index in [9.17, 15) is 0 Å². The average Bonchev–Trinajstić information content (AvgIpc) is 2.70. The number of hydrogen-bond donors (Lipinski definition) is 0. The fourth-order valence-corrected chi connectivity index (χ4v) is 5.53. The highest BCUT2D eigenvalue weighted by Crippen LogP contribution is 2.32. The third-order valence-corrected chi connectivity index (χ3v) is 6.71. The standard InChI is InChI=1S/C18H15P.C8H11N/c1-4-10-16(11-5-1)19(17-12-6-2-7-13-17)18-14-8-3-9-15-18;1-6-4-7(2)9-8(3)5-6/h1-15H;4-5H,1-3H3. The number of aryl methyl sites for hydroxylation is 3. The minimum atomic E-state index is -0.446. The summed E-state index contributed by atoms with van der Waals surface area (Å²) in [6.07, 6.45) is 0. The third-order valence-electron chi connectivity index (χ3n) is 4.27. The Balaban J connectivity index is 0.000000211. The Morgan fingerprint density at radius 1 is 0.500 bits per heavy atom. The van der Waals surface area contributed by atoms with Crippen LogP contribution >= 0.6 is 7.92 Å². The molecule has 28 heavy (non-hydrogen) atoms. The van der Waals surface area contributed by atoms with Crippen LogP contribution in [0.5, 0.6) is 0 Å². The van der Waals surface area contributed by atoms with E-state index in [0.29, 0.717) is 0 Å². The summed E-state index contributed by atoms with van der Waals surface area (Å²) in [6.45, 7) is 6.11. The minimum Gasteiger partial charge on any atom is -0.258 e. The molecule has 3 aromatic carbocycles. The van der Waals surface area contributed by atoms with Gasteiger partial charge in [-0.3, -0.25) is 4.98 Å². The monoisotopic (exact) mass is 383 g/mol. The molecule has 1 heterocycles. The molecule has 0 spiro atoms. The molecule has 0 amide bonds. The van der Waals surface area contributed by atoms with Gasteiger partial charge in [0, 0.05) is 11.4 Å². The maximum absolute atomic E-state index is 4.23. The SMILES string of the molecule is Cc1cc(C)nc(C)c1.c1ccc(P(c2ccccc2)c2ccccc2)cc1. The lowest BCUT2D eigenvalue weighted by atomic mass is 10.2. The molecule has 2 heteroatoms. The Morgan fingerprint density at radius 2 is 0.821 bits per heavy atom. The Labute approximate surface area is 169 Å². The van der Waals surface area contributed by atoms with Crippen LogP contribution in [-0.2, 0) is 0 Å². The second kappa shape index (κ2) is 9.97. The van der Waals surface area contributed by atoms with Crippen LogP contribution in [-0.4, -0.2) is 4.98 Å². The summed E-state index contributed by atoms with van der Waals surface area (Å²) in [7, 11) is -0.446. The summed E-state index contributed by atoms with van der Waals surface area (Å²) in [5.74, 6) is 0. The van der Waals surface area contributed by atoms with Crippen molar-refractivity contribution in [2.45, 2.75) is 20.8 Å². The van der Waals surface area contributed by atoms with Gasteiger partial charge >= 0.3 is 0 Å². The van der Waals surface area contributed by atoms with Crippen molar-refractivity contribution in [1.82, 2.24) is 4.98 Å². The fraction of sp³-hybridized carbons (Fsp3) is 0.115. The van der Waals surface area contributed by atoms with Gasteiger partial charge in [-0.25, -0.2) is 0 Å². The lowest BCUT2D eigenvalue weighted by molar-refractivity contribution is 1.10. The highest BCUT2D eigenvalue weighted by molar-refractivity contribution is 7.79. The first-order chi connectivity index (χ1) is 13.6. The van der Waals surface area contributed by atoms with E-state index in [1.165, 1.54) is 21.5 Å². The molecule has 0 N–H and O–H groups in total. The largest absolute Gasteiger partial charge is 0.258 e. The molecule has 0 fully saturated rings. The normalized spacial score (nSPS) is 10.3. The van der Waals surface area contributed by atoms with Crippen LogP contribution in [0.2, 0.25) is 0 Å². The first-order valence-electron chi connectivity index (χ1n) is 9.50. The Hall–Kier alpha value is -2.76. The van der Waals surface area contributed by atoms with Crippen molar-refractivity contribution in [3.63, 3.8) is 0 Å². The lowest BCUT2D eigenvalue weighted by Gasteiger charge is -2.18. The molecule has 4 rings (SSSR count). The second-order valence-electron chi connectivity index (χ2n) is 6.77. The second-order valence-corrected chi connectivity index (χ2v) is 8.99. The maximum Gasteiger partial charge on any atom is 0.0378 e. The summed E-state index contributed by atoms with van der Waals surface area (Å²) >= 11 is 0. The van der Waals surface area contributed by atoms with Crippen LogP contribution in [0.1, 0.15) is 17.0 Å². The average molecular weight is 383 g/mol. The molecule has 0 saturated carbocycles. The molecule has 1 aromatic heterocycles. The molecule has 140 valence electrons. The molecule has 0 saturated heterocycles. The van der Waals surface area contributed by atoms with E-state index < -0.39 is 7.92 Å². The van der Waals surface area contributed by atoms with E-state index in [-0.39, 0.29) is 0 Å². The van der Waals surface area contributed by atoms with E-state index in [2.05, 4.69) is 115 Å². The number of rotatable bonds is 3. The molecule has 4 aromatic rings. The quantitative estimate of drug-likeness (QED) is 0.429. The molecule has 0 aliphatic carbocycles. The van der Waals surface area contributed by atoms with Crippen LogP contribution < -0.4 is 15.9 Å². The summed E-state index contributed by atoms with van der Waals surface area (Å²) in [5, 5.41) is 4.19. The molecule has 0 bridgehead atoms. The number of aromatic nitrogens is 1. The van der Waals surface area contributed by atoms with Crippen molar-refractivity contribution < 1.29 is 0 Å². The summed E-state index contributed by atoms with van der Waals surface area (Å²) < 4.78 is 0. The van der Waals surface area contributed by atoms with Crippen molar-refractivity contribution >= 4 is 23.8 Å². The smallest absolute Gasteiger partial charge is 0.0378 e. The summed E-state index contributed by atoms with van der Waals surface area (Å²) in [6, 6.07) is 36.5. The molecule has 1 nitrogen and oxygen atoms in total. The van der Waals surface area contributed by atoms with Gasteiger partial charge in [0.15, 0.2) is 0 Å². The van der Waals surface area contributed by atoms with Gasteiger partial charge in [0.2, 0.25) is 0 Å². The van der Waals surface area contributed by atoms with Crippen LogP contribution in [0.3, 0.4) is 0 Å². The van der Waals surface area contributed by atoms with Crippen molar-refractivity contribution in [1.29, 1.82) is 0 Å². The lowest BCUT2D eigenvalue weighted by Crippen LogP contribution is -2.20. The van der Waals surface area contributed by atoms with Gasteiger partial charge in [-0.15, -0.1) is 0 Å². The molecule has 0 atom stereocenters. The van der Waals surface area contributed by atoms with Crippen LogP contribution in [0.15, 0.2) is 103 Å². The third kappa shape index (κ3) is 5.62. The van der Waals surface area contributed by atoms with E-state index >= 15 is 0 Å². The summed E-state index contributed by atoms with van der Waals surface area (Å²) in [5.41, 5.74) is 3.50. The van der Waals surface area contributed by atoms with Crippen molar-refractivity contribution in [3.05, 3.63) is 120 Å². The number of pyridine rings is 1.